The van der Waals surface area contributed by atoms with Gasteiger partial charge in [0.1, 0.15) is 11.2 Å². The Balaban J connectivity index is 1.40. The fraction of sp³-hybridized carbons (Fsp3) is 0.320. The van der Waals surface area contributed by atoms with Gasteiger partial charge >= 0.3 is 0 Å². The van der Waals surface area contributed by atoms with Gasteiger partial charge in [-0.1, -0.05) is 6.92 Å². The molecule has 0 radical (unpaired) electrons. The molecule has 6 heterocycles. The highest BCUT2D eigenvalue weighted by Crippen LogP contribution is 2.32. The Hall–Kier alpha value is -3.85. The van der Waals surface area contributed by atoms with E-state index in [-0.39, 0.29) is 0 Å². The van der Waals surface area contributed by atoms with Gasteiger partial charge in [0.2, 0.25) is 0 Å². The van der Waals surface area contributed by atoms with Crippen LogP contribution in [-0.4, -0.2) is 54.8 Å². The summed E-state index contributed by atoms with van der Waals surface area (Å²) >= 11 is 0. The van der Waals surface area contributed by atoms with Crippen LogP contribution >= 0.6 is 0 Å². The summed E-state index contributed by atoms with van der Waals surface area (Å²) in [5.74, 6) is 0.703. The standard InChI is InChI=1S/C25H27N9/c1-2-26-12-16-10-17(14-27-13-16)19-11-18-20(15-29-19)32-33-22(18)25-30-23-21(6-7-28-24(23)31-25)34-8-4-3-5-9-34/h6-7,10-11,13-15,26H,2-5,8-9,12H2,1H3,(H,32,33)(H,28,30,31). The minimum Gasteiger partial charge on any atom is -0.370 e. The van der Waals surface area contributed by atoms with Crippen LogP contribution in [0.1, 0.15) is 31.7 Å². The van der Waals surface area contributed by atoms with Crippen molar-refractivity contribution in [2.75, 3.05) is 24.5 Å². The summed E-state index contributed by atoms with van der Waals surface area (Å²) in [5.41, 5.74) is 7.41. The van der Waals surface area contributed by atoms with E-state index >= 15 is 0 Å². The first-order chi connectivity index (χ1) is 16.8. The maximum Gasteiger partial charge on any atom is 0.180 e. The highest BCUT2D eigenvalue weighted by molar-refractivity contribution is 5.95. The third kappa shape index (κ3) is 3.77. The molecule has 1 saturated heterocycles. The summed E-state index contributed by atoms with van der Waals surface area (Å²) in [5, 5.41) is 12.0. The smallest absolute Gasteiger partial charge is 0.180 e. The number of hydrogen-bond donors (Lipinski definition) is 3. The van der Waals surface area contributed by atoms with Crippen LogP contribution in [-0.2, 0) is 6.54 Å². The molecule has 9 heteroatoms. The van der Waals surface area contributed by atoms with Crippen molar-refractivity contribution < 1.29 is 0 Å². The molecule has 0 amide bonds. The van der Waals surface area contributed by atoms with Gasteiger partial charge in [0.25, 0.3) is 0 Å². The maximum absolute atomic E-state index is 4.79. The maximum atomic E-state index is 4.79. The Kier molecular flexibility index (Phi) is 5.38. The van der Waals surface area contributed by atoms with Gasteiger partial charge < -0.3 is 15.2 Å². The zero-order valence-corrected chi connectivity index (χ0v) is 19.2. The van der Waals surface area contributed by atoms with Crippen molar-refractivity contribution in [2.24, 2.45) is 0 Å². The van der Waals surface area contributed by atoms with E-state index in [2.05, 4.69) is 59.4 Å². The average molecular weight is 454 g/mol. The lowest BCUT2D eigenvalue weighted by atomic mass is 10.1. The lowest BCUT2D eigenvalue weighted by Crippen LogP contribution is -2.29. The van der Waals surface area contributed by atoms with Gasteiger partial charge in [-0.2, -0.15) is 5.10 Å². The van der Waals surface area contributed by atoms with Gasteiger partial charge in [-0.3, -0.25) is 15.1 Å². The summed E-state index contributed by atoms with van der Waals surface area (Å²) in [6.45, 7) is 5.92. The molecule has 0 saturated carbocycles. The van der Waals surface area contributed by atoms with Crippen molar-refractivity contribution in [2.45, 2.75) is 32.7 Å². The fourth-order valence-corrected chi connectivity index (χ4v) is 4.66. The van der Waals surface area contributed by atoms with Crippen molar-refractivity contribution in [3.8, 4) is 22.8 Å². The number of fused-ring (bicyclic) bond motifs is 2. The van der Waals surface area contributed by atoms with Crippen LogP contribution in [0.25, 0.3) is 44.8 Å². The Morgan fingerprint density at radius 3 is 2.85 bits per heavy atom. The van der Waals surface area contributed by atoms with Gasteiger partial charge in [-0.25, -0.2) is 9.97 Å². The number of nitrogens with zero attached hydrogens (tertiary/aromatic N) is 6. The van der Waals surface area contributed by atoms with Gasteiger partial charge in [0.15, 0.2) is 11.5 Å². The molecule has 0 aromatic carbocycles. The highest BCUT2D eigenvalue weighted by Gasteiger charge is 2.19. The largest absolute Gasteiger partial charge is 0.370 e. The first-order valence-corrected chi connectivity index (χ1v) is 11.9. The lowest BCUT2D eigenvalue weighted by molar-refractivity contribution is 0.578. The molecule has 0 atom stereocenters. The van der Waals surface area contributed by atoms with E-state index < -0.39 is 0 Å². The average Bonchev–Trinajstić information content (AvgIpc) is 3.51. The minimum atomic E-state index is 0.703. The van der Waals surface area contributed by atoms with Crippen LogP contribution in [0.4, 0.5) is 5.69 Å². The van der Waals surface area contributed by atoms with Crippen molar-refractivity contribution in [3.63, 3.8) is 0 Å². The summed E-state index contributed by atoms with van der Waals surface area (Å²) < 4.78 is 0. The highest BCUT2D eigenvalue weighted by atomic mass is 15.2. The van der Waals surface area contributed by atoms with Crippen molar-refractivity contribution >= 4 is 27.8 Å². The Bertz CT molecular complexity index is 1450. The molecular weight excluding hydrogens is 426 g/mol. The predicted molar refractivity (Wildman–Crippen MR) is 133 cm³/mol. The summed E-state index contributed by atoms with van der Waals surface area (Å²) in [6, 6.07) is 6.25. The van der Waals surface area contributed by atoms with E-state index in [4.69, 9.17) is 4.98 Å². The van der Waals surface area contributed by atoms with E-state index in [9.17, 15) is 0 Å². The molecule has 172 valence electrons. The molecule has 1 aliphatic rings. The van der Waals surface area contributed by atoms with Crippen LogP contribution < -0.4 is 10.2 Å². The van der Waals surface area contributed by atoms with Crippen molar-refractivity contribution in [1.29, 1.82) is 0 Å². The molecule has 34 heavy (non-hydrogen) atoms. The molecule has 9 nitrogen and oxygen atoms in total. The molecule has 1 aliphatic heterocycles. The molecule has 6 rings (SSSR count). The molecule has 0 bridgehead atoms. The van der Waals surface area contributed by atoms with Gasteiger partial charge in [0, 0.05) is 49.2 Å². The van der Waals surface area contributed by atoms with E-state index in [1.165, 1.54) is 19.3 Å². The second kappa shape index (κ2) is 8.83. The van der Waals surface area contributed by atoms with E-state index in [1.807, 2.05) is 30.9 Å². The number of hydrogen-bond acceptors (Lipinski definition) is 7. The lowest BCUT2D eigenvalue weighted by Gasteiger charge is -2.28. The van der Waals surface area contributed by atoms with E-state index in [0.717, 1.165) is 70.8 Å². The number of imidazole rings is 1. The SMILES string of the molecule is CCNCc1cncc(-c2cc3c(-c4nc5nccc(N6CCCCC6)c5[nH]4)n[nH]c3cn2)c1. The first kappa shape index (κ1) is 20.7. The van der Waals surface area contributed by atoms with Crippen LogP contribution in [0.15, 0.2) is 43.0 Å². The quantitative estimate of drug-likeness (QED) is 0.355. The number of pyridine rings is 3. The molecule has 5 aromatic rings. The number of aromatic nitrogens is 7. The predicted octanol–water partition coefficient (Wildman–Crippen LogP) is 4.06. The summed E-state index contributed by atoms with van der Waals surface area (Å²) in [7, 11) is 0. The second-order valence-electron chi connectivity index (χ2n) is 8.71. The molecule has 1 fully saturated rings. The Labute approximate surface area is 197 Å². The van der Waals surface area contributed by atoms with Crippen LogP contribution in [0.5, 0.6) is 0 Å². The van der Waals surface area contributed by atoms with Crippen LogP contribution in [0.2, 0.25) is 0 Å². The fourth-order valence-electron chi connectivity index (χ4n) is 4.66. The van der Waals surface area contributed by atoms with Crippen molar-refractivity contribution in [1.82, 2.24) is 40.4 Å². The number of aromatic amines is 2. The molecule has 0 spiro atoms. The minimum absolute atomic E-state index is 0.703. The normalized spacial score (nSPS) is 14.3. The summed E-state index contributed by atoms with van der Waals surface area (Å²) in [6.07, 6.45) is 11.1. The Morgan fingerprint density at radius 1 is 1.06 bits per heavy atom. The molecular formula is C25H27N9. The number of piperidine rings is 1. The summed E-state index contributed by atoms with van der Waals surface area (Å²) in [4.78, 5) is 24.3. The van der Waals surface area contributed by atoms with Crippen LogP contribution in [0.3, 0.4) is 0 Å². The number of H-pyrrole nitrogens is 2. The zero-order chi connectivity index (χ0) is 22.9. The van der Waals surface area contributed by atoms with E-state index in [0.29, 0.717) is 11.5 Å². The third-order valence-corrected chi connectivity index (χ3v) is 6.41. The molecule has 3 N–H and O–H groups in total. The Morgan fingerprint density at radius 2 is 1.97 bits per heavy atom. The van der Waals surface area contributed by atoms with Gasteiger partial charge in [-0.05, 0) is 49.6 Å². The molecule has 5 aromatic heterocycles. The van der Waals surface area contributed by atoms with Crippen molar-refractivity contribution in [3.05, 3.63) is 48.5 Å². The molecule has 0 aliphatic carbocycles. The van der Waals surface area contributed by atoms with E-state index in [1.54, 1.807) is 0 Å². The zero-order valence-electron chi connectivity index (χ0n) is 19.2. The molecule has 0 unspecified atom stereocenters. The monoisotopic (exact) mass is 453 g/mol. The topological polar surface area (TPSA) is 111 Å². The first-order valence-electron chi connectivity index (χ1n) is 11.9. The van der Waals surface area contributed by atoms with Gasteiger partial charge in [0.05, 0.1) is 23.1 Å². The number of nitrogens with one attached hydrogen (secondary N) is 3. The third-order valence-electron chi connectivity index (χ3n) is 6.41. The van der Waals surface area contributed by atoms with Gasteiger partial charge in [-0.15, -0.1) is 0 Å². The van der Waals surface area contributed by atoms with Crippen LogP contribution in [0, 0.1) is 0 Å². The number of anilines is 1. The second-order valence-corrected chi connectivity index (χ2v) is 8.71. The number of rotatable bonds is 6.